The third-order valence-electron chi connectivity index (χ3n) is 4.71. The van der Waals surface area contributed by atoms with E-state index in [0.717, 1.165) is 17.5 Å². The molecule has 0 aromatic heterocycles. The zero-order valence-electron chi connectivity index (χ0n) is 16.1. The molecule has 29 heavy (non-hydrogen) atoms. The fraction of sp³-hybridized carbons (Fsp3) is 0.318. The van der Waals surface area contributed by atoms with Crippen molar-refractivity contribution in [2.75, 3.05) is 6.54 Å². The largest absolute Gasteiger partial charge is 0.445 e. The highest BCUT2D eigenvalue weighted by Gasteiger charge is 2.28. The predicted octanol–water partition coefficient (Wildman–Crippen LogP) is 1.92. The number of carbonyl (C=O) groups is 3. The monoisotopic (exact) mass is 395 g/mol. The molecule has 3 N–H and O–H groups in total. The van der Waals surface area contributed by atoms with Crippen molar-refractivity contribution >= 4 is 17.9 Å². The number of alkyl carbamates (subject to hydrolysis) is 1. The molecule has 0 aliphatic carbocycles. The fourth-order valence-electron chi connectivity index (χ4n) is 3.15. The minimum absolute atomic E-state index is 0.109. The second-order valence-electron chi connectivity index (χ2n) is 6.94. The SMILES string of the molecule is O=C(N[C@@H](Cc1ccccc1)C(=O)N[C@@H]1CCCNC1=O)OCc1ccccc1. The maximum atomic E-state index is 12.8. The van der Waals surface area contributed by atoms with Gasteiger partial charge in [-0.25, -0.2) is 4.79 Å². The lowest BCUT2D eigenvalue weighted by molar-refractivity contribution is -0.131. The van der Waals surface area contributed by atoms with E-state index in [-0.39, 0.29) is 12.5 Å². The normalized spacial score (nSPS) is 17.0. The van der Waals surface area contributed by atoms with E-state index in [1.54, 1.807) is 0 Å². The minimum Gasteiger partial charge on any atom is -0.445 e. The van der Waals surface area contributed by atoms with Crippen molar-refractivity contribution in [2.45, 2.75) is 38.0 Å². The van der Waals surface area contributed by atoms with Crippen molar-refractivity contribution in [3.8, 4) is 0 Å². The van der Waals surface area contributed by atoms with Crippen molar-refractivity contribution in [3.63, 3.8) is 0 Å². The van der Waals surface area contributed by atoms with Crippen LogP contribution in [0.15, 0.2) is 60.7 Å². The first-order chi connectivity index (χ1) is 14.1. The third-order valence-corrected chi connectivity index (χ3v) is 4.71. The van der Waals surface area contributed by atoms with Gasteiger partial charge >= 0.3 is 6.09 Å². The molecular formula is C22H25N3O4. The maximum absolute atomic E-state index is 12.8. The van der Waals surface area contributed by atoms with Gasteiger partial charge in [-0.3, -0.25) is 9.59 Å². The van der Waals surface area contributed by atoms with Gasteiger partial charge in [-0.1, -0.05) is 60.7 Å². The summed E-state index contributed by atoms with van der Waals surface area (Å²) in [6.07, 6.45) is 0.986. The number of piperidine rings is 1. The van der Waals surface area contributed by atoms with Crippen molar-refractivity contribution < 1.29 is 19.1 Å². The summed E-state index contributed by atoms with van der Waals surface area (Å²) >= 11 is 0. The average Bonchev–Trinajstić information content (AvgIpc) is 2.75. The van der Waals surface area contributed by atoms with Crippen LogP contribution < -0.4 is 16.0 Å². The Labute approximate surface area is 169 Å². The van der Waals surface area contributed by atoms with E-state index in [1.807, 2.05) is 60.7 Å². The highest BCUT2D eigenvalue weighted by Crippen LogP contribution is 2.08. The molecule has 152 valence electrons. The fourth-order valence-corrected chi connectivity index (χ4v) is 3.15. The highest BCUT2D eigenvalue weighted by atomic mass is 16.5. The Morgan fingerprint density at radius 1 is 1.03 bits per heavy atom. The van der Waals surface area contributed by atoms with E-state index in [4.69, 9.17) is 4.74 Å². The first-order valence-electron chi connectivity index (χ1n) is 9.71. The van der Waals surface area contributed by atoms with Crippen LogP contribution in [0.2, 0.25) is 0 Å². The summed E-state index contributed by atoms with van der Waals surface area (Å²) in [4.78, 5) is 37.0. The third kappa shape index (κ3) is 6.34. The molecule has 7 heteroatoms. The molecule has 0 radical (unpaired) electrons. The number of nitrogens with one attached hydrogen (secondary N) is 3. The van der Waals surface area contributed by atoms with Gasteiger partial charge in [0, 0.05) is 13.0 Å². The molecule has 0 saturated carbocycles. The molecule has 2 atom stereocenters. The molecule has 0 spiro atoms. The van der Waals surface area contributed by atoms with Crippen LogP contribution in [-0.2, 0) is 27.4 Å². The quantitative estimate of drug-likeness (QED) is 0.667. The van der Waals surface area contributed by atoms with Crippen LogP contribution >= 0.6 is 0 Å². The first-order valence-corrected chi connectivity index (χ1v) is 9.71. The first kappa shape index (κ1) is 20.4. The molecule has 1 fully saturated rings. The summed E-state index contributed by atoms with van der Waals surface area (Å²) in [5, 5.41) is 8.12. The lowest BCUT2D eigenvalue weighted by Crippen LogP contribution is -2.56. The van der Waals surface area contributed by atoms with Crippen molar-refractivity contribution in [2.24, 2.45) is 0 Å². The second kappa shape index (κ2) is 10.3. The summed E-state index contributed by atoms with van der Waals surface area (Å²) < 4.78 is 5.25. The van der Waals surface area contributed by atoms with Crippen LogP contribution in [0.1, 0.15) is 24.0 Å². The molecule has 3 amide bonds. The van der Waals surface area contributed by atoms with Crippen LogP contribution in [0.4, 0.5) is 4.79 Å². The minimum atomic E-state index is -0.851. The summed E-state index contributed by atoms with van der Waals surface area (Å²) in [7, 11) is 0. The van der Waals surface area contributed by atoms with Crippen molar-refractivity contribution in [1.29, 1.82) is 0 Å². The molecule has 0 unspecified atom stereocenters. The number of hydrogen-bond donors (Lipinski definition) is 3. The van der Waals surface area contributed by atoms with Gasteiger partial charge in [-0.05, 0) is 24.0 Å². The molecule has 1 saturated heterocycles. The summed E-state index contributed by atoms with van der Waals surface area (Å²) in [5.41, 5.74) is 1.75. The van der Waals surface area contributed by atoms with Crippen LogP contribution in [0.5, 0.6) is 0 Å². The van der Waals surface area contributed by atoms with Gasteiger partial charge in [0.2, 0.25) is 11.8 Å². The maximum Gasteiger partial charge on any atom is 0.408 e. The van der Waals surface area contributed by atoms with Gasteiger partial charge in [0.1, 0.15) is 18.7 Å². The zero-order valence-corrected chi connectivity index (χ0v) is 16.1. The van der Waals surface area contributed by atoms with Crippen molar-refractivity contribution in [1.82, 2.24) is 16.0 Å². The Hall–Kier alpha value is -3.35. The molecule has 7 nitrogen and oxygen atoms in total. The van der Waals surface area contributed by atoms with E-state index in [1.165, 1.54) is 0 Å². The topological polar surface area (TPSA) is 96.5 Å². The van der Waals surface area contributed by atoms with Gasteiger partial charge in [0.25, 0.3) is 0 Å². The average molecular weight is 395 g/mol. The standard InChI is InChI=1S/C22H25N3O4/c26-20-18(12-7-13-23-20)24-21(27)19(14-16-8-3-1-4-9-16)25-22(28)29-15-17-10-5-2-6-11-17/h1-6,8-11,18-19H,7,12-15H2,(H,23,26)(H,24,27)(H,25,28)/t18-,19+/m1/s1. The molecule has 1 heterocycles. The van der Waals surface area contributed by atoms with Crippen LogP contribution in [0.3, 0.4) is 0 Å². The van der Waals surface area contributed by atoms with Crippen LogP contribution in [0, 0.1) is 0 Å². The van der Waals surface area contributed by atoms with E-state index in [0.29, 0.717) is 19.4 Å². The number of ether oxygens (including phenoxy) is 1. The van der Waals surface area contributed by atoms with Gasteiger partial charge in [-0.15, -0.1) is 0 Å². The molecule has 1 aliphatic heterocycles. The molecule has 1 aliphatic rings. The van der Waals surface area contributed by atoms with Gasteiger partial charge in [-0.2, -0.15) is 0 Å². The Morgan fingerprint density at radius 3 is 2.34 bits per heavy atom. The Morgan fingerprint density at radius 2 is 1.69 bits per heavy atom. The zero-order chi connectivity index (χ0) is 20.5. The predicted molar refractivity (Wildman–Crippen MR) is 108 cm³/mol. The lowest BCUT2D eigenvalue weighted by atomic mass is 10.0. The van der Waals surface area contributed by atoms with Crippen LogP contribution in [0.25, 0.3) is 0 Å². The molecule has 2 aromatic carbocycles. The Bertz CT molecular complexity index is 826. The van der Waals surface area contributed by atoms with Gasteiger partial charge in [0.05, 0.1) is 0 Å². The number of carbonyl (C=O) groups excluding carboxylic acids is 3. The van der Waals surface area contributed by atoms with Crippen LogP contribution in [-0.4, -0.2) is 36.5 Å². The second-order valence-corrected chi connectivity index (χ2v) is 6.94. The summed E-state index contributed by atoms with van der Waals surface area (Å²) in [6.45, 7) is 0.722. The number of rotatable bonds is 7. The molecule has 3 rings (SSSR count). The smallest absolute Gasteiger partial charge is 0.408 e. The van der Waals surface area contributed by atoms with E-state index >= 15 is 0 Å². The molecular weight excluding hydrogens is 370 g/mol. The highest BCUT2D eigenvalue weighted by molar-refractivity contribution is 5.91. The molecule has 2 aromatic rings. The number of benzene rings is 2. The lowest BCUT2D eigenvalue weighted by Gasteiger charge is -2.25. The number of hydrogen-bond acceptors (Lipinski definition) is 4. The van der Waals surface area contributed by atoms with Crippen molar-refractivity contribution in [3.05, 3.63) is 71.8 Å². The van der Waals surface area contributed by atoms with E-state index in [2.05, 4.69) is 16.0 Å². The Balaban J connectivity index is 1.62. The van der Waals surface area contributed by atoms with E-state index < -0.39 is 24.1 Å². The van der Waals surface area contributed by atoms with E-state index in [9.17, 15) is 14.4 Å². The molecule has 0 bridgehead atoms. The summed E-state index contributed by atoms with van der Waals surface area (Å²) in [6, 6.07) is 17.2. The Kier molecular flexibility index (Phi) is 7.22. The van der Waals surface area contributed by atoms with Gasteiger partial charge < -0.3 is 20.7 Å². The summed E-state index contributed by atoms with van der Waals surface area (Å²) in [5.74, 6) is -0.609. The van der Waals surface area contributed by atoms with Gasteiger partial charge in [0.15, 0.2) is 0 Å². The number of amides is 3.